The zero-order valence-corrected chi connectivity index (χ0v) is 9.52. The Kier molecular flexibility index (Phi) is 1.89. The molecule has 0 saturated carbocycles. The smallest absolute Gasteiger partial charge is 0.242 e. The Morgan fingerprint density at radius 2 is 1.61 bits per heavy atom. The Bertz CT molecular complexity index is 505. The van der Waals surface area contributed by atoms with Gasteiger partial charge in [0.25, 0.3) is 0 Å². The highest BCUT2D eigenvalue weighted by atomic mass is 16.5. The minimum atomic E-state index is -0.319. The molecule has 6 nitrogen and oxygen atoms in total. The molecule has 4 atom stereocenters. The van der Waals surface area contributed by atoms with Crippen molar-refractivity contribution in [2.45, 2.75) is 25.0 Å². The number of anilines is 1. The summed E-state index contributed by atoms with van der Waals surface area (Å²) in [6, 6.07) is 1.65. The minimum Gasteiger partial charge on any atom is -0.373 e. The van der Waals surface area contributed by atoms with Crippen molar-refractivity contribution in [3.63, 3.8) is 0 Å². The molecule has 1 aromatic heterocycles. The number of hydrogen-bond acceptors (Lipinski definition) is 5. The van der Waals surface area contributed by atoms with E-state index in [2.05, 4.69) is 9.97 Å². The molecule has 0 spiro atoms. The van der Waals surface area contributed by atoms with E-state index in [0.717, 1.165) is 17.7 Å². The largest absolute Gasteiger partial charge is 0.373 e. The predicted octanol–water partition coefficient (Wildman–Crippen LogP) is 0.143. The Balaban J connectivity index is 1.76. The average Bonchev–Trinajstić information content (AvgIpc) is 3.05. The van der Waals surface area contributed by atoms with E-state index >= 15 is 0 Å². The minimum absolute atomic E-state index is 0.0924. The highest BCUT2D eigenvalue weighted by Gasteiger charge is 2.63. The number of rotatable bonds is 1. The van der Waals surface area contributed by atoms with E-state index in [1.165, 1.54) is 12.4 Å². The van der Waals surface area contributed by atoms with E-state index in [4.69, 9.17) is 4.74 Å². The van der Waals surface area contributed by atoms with Crippen LogP contribution >= 0.6 is 0 Å². The molecule has 0 N–H and O–H groups in total. The second-order valence-corrected chi connectivity index (χ2v) is 4.90. The number of ether oxygens (including phenoxy) is 1. The summed E-state index contributed by atoms with van der Waals surface area (Å²) in [4.78, 5) is 33.8. The molecule has 1 aromatic rings. The van der Waals surface area contributed by atoms with E-state index in [9.17, 15) is 9.59 Å². The molecule has 4 rings (SSSR count). The first kappa shape index (κ1) is 10.1. The summed E-state index contributed by atoms with van der Waals surface area (Å²) in [5, 5.41) is 0. The maximum atomic E-state index is 12.3. The lowest BCUT2D eigenvalue weighted by molar-refractivity contribution is -0.124. The topological polar surface area (TPSA) is 72.4 Å². The zero-order chi connectivity index (χ0) is 12.3. The van der Waals surface area contributed by atoms with Crippen LogP contribution in [-0.2, 0) is 14.3 Å². The summed E-state index contributed by atoms with van der Waals surface area (Å²) in [5.74, 6) is -0.867. The van der Waals surface area contributed by atoms with Crippen LogP contribution in [0, 0.1) is 11.8 Å². The molecule has 2 bridgehead atoms. The number of imide groups is 1. The van der Waals surface area contributed by atoms with Crippen molar-refractivity contribution >= 4 is 17.8 Å². The summed E-state index contributed by atoms with van der Waals surface area (Å²) < 4.78 is 5.66. The van der Waals surface area contributed by atoms with Gasteiger partial charge in [-0.05, 0) is 18.9 Å². The Morgan fingerprint density at radius 3 is 2.17 bits per heavy atom. The van der Waals surface area contributed by atoms with Gasteiger partial charge in [-0.15, -0.1) is 0 Å². The van der Waals surface area contributed by atoms with Gasteiger partial charge in [-0.2, -0.15) is 0 Å². The van der Waals surface area contributed by atoms with E-state index in [0.29, 0.717) is 0 Å². The number of carbonyl (C=O) groups is 2. The van der Waals surface area contributed by atoms with Gasteiger partial charge in [-0.25, -0.2) is 14.9 Å². The summed E-state index contributed by atoms with van der Waals surface area (Å²) >= 11 is 0. The SMILES string of the molecule is O=C1[C@@H]2[C@H](C(=O)N1c1ncccn1)[C@H]1CC[C@H]2O1. The number of hydrogen-bond donors (Lipinski definition) is 0. The summed E-state index contributed by atoms with van der Waals surface area (Å²) in [6.07, 6.45) is 4.61. The molecule has 3 aliphatic rings. The van der Waals surface area contributed by atoms with E-state index in [-0.39, 0.29) is 41.8 Å². The summed E-state index contributed by atoms with van der Waals surface area (Å²) in [6.45, 7) is 0. The van der Waals surface area contributed by atoms with Gasteiger partial charge < -0.3 is 4.74 Å². The molecule has 3 fully saturated rings. The highest BCUT2D eigenvalue weighted by Crippen LogP contribution is 2.48. The molecule has 92 valence electrons. The Hall–Kier alpha value is -1.82. The van der Waals surface area contributed by atoms with Crippen molar-refractivity contribution < 1.29 is 14.3 Å². The van der Waals surface area contributed by atoms with Gasteiger partial charge in [0.1, 0.15) is 0 Å². The van der Waals surface area contributed by atoms with Crippen LogP contribution in [0.1, 0.15) is 12.8 Å². The molecule has 0 unspecified atom stereocenters. The van der Waals surface area contributed by atoms with Crippen molar-refractivity contribution in [1.29, 1.82) is 0 Å². The molecule has 0 aliphatic carbocycles. The van der Waals surface area contributed by atoms with Crippen LogP contribution in [0.2, 0.25) is 0 Å². The van der Waals surface area contributed by atoms with E-state index in [1.807, 2.05) is 0 Å². The molecule has 4 heterocycles. The van der Waals surface area contributed by atoms with Crippen LogP contribution < -0.4 is 4.90 Å². The molecule has 0 radical (unpaired) electrons. The monoisotopic (exact) mass is 245 g/mol. The molecular weight excluding hydrogens is 234 g/mol. The molecule has 18 heavy (non-hydrogen) atoms. The molecule has 3 aliphatic heterocycles. The highest BCUT2D eigenvalue weighted by molar-refractivity contribution is 6.21. The lowest BCUT2D eigenvalue weighted by Gasteiger charge is -2.14. The number of fused-ring (bicyclic) bond motifs is 5. The van der Waals surface area contributed by atoms with Crippen molar-refractivity contribution in [3.05, 3.63) is 18.5 Å². The number of carbonyl (C=O) groups excluding carboxylic acids is 2. The maximum Gasteiger partial charge on any atom is 0.242 e. The number of amides is 2. The summed E-state index contributed by atoms with van der Waals surface area (Å²) in [7, 11) is 0. The van der Waals surface area contributed by atoms with Gasteiger partial charge in [0.15, 0.2) is 0 Å². The van der Waals surface area contributed by atoms with Crippen LogP contribution in [0.25, 0.3) is 0 Å². The second kappa shape index (κ2) is 3.35. The van der Waals surface area contributed by atoms with Crippen LogP contribution in [0.4, 0.5) is 5.95 Å². The third kappa shape index (κ3) is 1.11. The standard InChI is InChI=1S/C12H11N3O3/c16-10-8-6-2-3-7(18-6)9(8)11(17)15(10)12-13-4-1-5-14-12/h1,4-9H,2-3H2/t6-,7-,8-,9+/m1/s1. The fourth-order valence-electron chi connectivity index (χ4n) is 3.32. The third-order valence-corrected chi connectivity index (χ3v) is 4.04. The van der Waals surface area contributed by atoms with Gasteiger partial charge in [-0.1, -0.05) is 0 Å². The Morgan fingerprint density at radius 1 is 1.06 bits per heavy atom. The quantitative estimate of drug-likeness (QED) is 0.658. The maximum absolute atomic E-state index is 12.3. The Labute approximate surface area is 103 Å². The van der Waals surface area contributed by atoms with Gasteiger partial charge >= 0.3 is 0 Å². The fourth-order valence-corrected chi connectivity index (χ4v) is 3.32. The number of aromatic nitrogens is 2. The first-order chi connectivity index (χ1) is 8.77. The van der Waals surface area contributed by atoms with Gasteiger partial charge in [0.05, 0.1) is 24.0 Å². The van der Waals surface area contributed by atoms with Gasteiger partial charge in [0.2, 0.25) is 17.8 Å². The zero-order valence-electron chi connectivity index (χ0n) is 9.52. The summed E-state index contributed by atoms with van der Waals surface area (Å²) in [5.41, 5.74) is 0. The molecule has 2 amide bonds. The van der Waals surface area contributed by atoms with Crippen LogP contribution in [0.5, 0.6) is 0 Å². The van der Waals surface area contributed by atoms with E-state index < -0.39 is 0 Å². The average molecular weight is 245 g/mol. The van der Waals surface area contributed by atoms with Crippen molar-refractivity contribution in [1.82, 2.24) is 9.97 Å². The van der Waals surface area contributed by atoms with Crippen LogP contribution in [0.15, 0.2) is 18.5 Å². The second-order valence-electron chi connectivity index (χ2n) is 4.90. The first-order valence-corrected chi connectivity index (χ1v) is 6.07. The molecule has 0 aromatic carbocycles. The lowest BCUT2D eigenvalue weighted by Crippen LogP contribution is -2.35. The normalized spacial score (nSPS) is 37.4. The van der Waals surface area contributed by atoms with Gasteiger partial charge in [0, 0.05) is 12.4 Å². The van der Waals surface area contributed by atoms with Crippen LogP contribution in [-0.4, -0.2) is 34.0 Å². The molecule has 3 saturated heterocycles. The molecular formula is C12H11N3O3. The van der Waals surface area contributed by atoms with Crippen molar-refractivity contribution in [3.8, 4) is 0 Å². The van der Waals surface area contributed by atoms with Crippen LogP contribution in [0.3, 0.4) is 0 Å². The molecule has 6 heteroatoms. The fraction of sp³-hybridized carbons (Fsp3) is 0.500. The van der Waals surface area contributed by atoms with Crippen molar-refractivity contribution in [2.24, 2.45) is 11.8 Å². The number of nitrogens with zero attached hydrogens (tertiary/aromatic N) is 3. The predicted molar refractivity (Wildman–Crippen MR) is 59.4 cm³/mol. The van der Waals surface area contributed by atoms with E-state index in [1.54, 1.807) is 6.07 Å². The third-order valence-electron chi connectivity index (χ3n) is 4.04. The van der Waals surface area contributed by atoms with Crippen molar-refractivity contribution in [2.75, 3.05) is 4.90 Å². The lowest BCUT2D eigenvalue weighted by atomic mass is 9.81. The first-order valence-electron chi connectivity index (χ1n) is 6.07. The van der Waals surface area contributed by atoms with Gasteiger partial charge in [-0.3, -0.25) is 9.59 Å².